The van der Waals surface area contributed by atoms with E-state index in [1.807, 2.05) is 0 Å². The molecule has 1 aliphatic carbocycles. The summed E-state index contributed by atoms with van der Waals surface area (Å²) in [6.45, 7) is 0.793. The fourth-order valence-corrected chi connectivity index (χ4v) is 1.85. The molecule has 1 heterocycles. The highest BCUT2D eigenvalue weighted by atomic mass is 16.5. The molecule has 1 aliphatic rings. The highest BCUT2D eigenvalue weighted by Gasteiger charge is 2.24. The summed E-state index contributed by atoms with van der Waals surface area (Å²) in [5.74, 6) is 0.713. The molecule has 78 valence electrons. The molecule has 1 saturated carbocycles. The lowest BCUT2D eigenvalue weighted by Gasteiger charge is -2.15. The van der Waals surface area contributed by atoms with Gasteiger partial charge in [-0.25, -0.2) is 0 Å². The fraction of sp³-hybridized carbons (Fsp3) is 0.778. The van der Waals surface area contributed by atoms with Crippen molar-refractivity contribution in [3.8, 4) is 0 Å². The maximum absolute atomic E-state index is 9.53. The van der Waals surface area contributed by atoms with Gasteiger partial charge in [0.15, 0.2) is 5.82 Å². The minimum Gasteiger partial charge on any atom is -0.392 e. The Hall–Kier alpha value is -0.940. The topological polar surface area (TPSA) is 71.2 Å². The molecule has 0 aromatic carbocycles. The van der Waals surface area contributed by atoms with Gasteiger partial charge in [-0.15, -0.1) is 0 Å². The molecule has 2 rings (SSSR count). The van der Waals surface area contributed by atoms with E-state index < -0.39 is 0 Å². The van der Waals surface area contributed by atoms with E-state index in [1.54, 1.807) is 0 Å². The number of hydrogen-bond acceptors (Lipinski definition) is 5. The lowest BCUT2D eigenvalue weighted by molar-refractivity contribution is 0.149. The predicted octanol–water partition coefficient (Wildman–Crippen LogP) is 0.115. The maximum atomic E-state index is 9.53. The van der Waals surface area contributed by atoms with Crippen molar-refractivity contribution in [2.75, 3.05) is 6.54 Å². The number of hydrogen-bond donors (Lipinski definition) is 2. The first kappa shape index (κ1) is 9.61. The van der Waals surface area contributed by atoms with Crippen LogP contribution in [0.15, 0.2) is 10.9 Å². The van der Waals surface area contributed by atoms with E-state index >= 15 is 0 Å². The summed E-state index contributed by atoms with van der Waals surface area (Å²) in [6.07, 6.45) is 4.99. The highest BCUT2D eigenvalue weighted by molar-refractivity contribution is 4.85. The van der Waals surface area contributed by atoms with Gasteiger partial charge in [-0.3, -0.25) is 0 Å². The Bertz CT molecular complexity index is 263. The third kappa shape index (κ3) is 2.30. The van der Waals surface area contributed by atoms with E-state index in [1.165, 1.54) is 6.39 Å². The van der Waals surface area contributed by atoms with Crippen LogP contribution < -0.4 is 5.32 Å². The van der Waals surface area contributed by atoms with Crippen LogP contribution in [-0.4, -0.2) is 33.9 Å². The zero-order chi connectivity index (χ0) is 9.80. The van der Waals surface area contributed by atoms with Crippen LogP contribution in [0.4, 0.5) is 0 Å². The third-order valence-electron chi connectivity index (χ3n) is 2.64. The van der Waals surface area contributed by atoms with Gasteiger partial charge < -0.3 is 14.9 Å². The van der Waals surface area contributed by atoms with Gasteiger partial charge in [0.2, 0.25) is 6.39 Å². The minimum absolute atomic E-state index is 0.180. The normalized spacial score (nSPS) is 26.9. The largest absolute Gasteiger partial charge is 0.392 e. The molecule has 1 fully saturated rings. The van der Waals surface area contributed by atoms with E-state index in [9.17, 15) is 5.11 Å². The number of aliphatic hydroxyl groups is 1. The van der Waals surface area contributed by atoms with Crippen LogP contribution in [0, 0.1) is 0 Å². The molecular formula is C9H15N3O2. The van der Waals surface area contributed by atoms with Crippen LogP contribution in [0.25, 0.3) is 0 Å². The molecule has 1 aromatic rings. The molecule has 14 heavy (non-hydrogen) atoms. The fourth-order valence-electron chi connectivity index (χ4n) is 1.85. The van der Waals surface area contributed by atoms with E-state index in [0.29, 0.717) is 5.82 Å². The molecule has 0 radical (unpaired) electrons. The van der Waals surface area contributed by atoms with Gasteiger partial charge in [0.25, 0.3) is 0 Å². The molecule has 1 aromatic heterocycles. The summed E-state index contributed by atoms with van der Waals surface area (Å²) < 4.78 is 4.62. The van der Waals surface area contributed by atoms with Crippen molar-refractivity contribution in [1.29, 1.82) is 0 Å². The molecule has 0 bridgehead atoms. The quantitative estimate of drug-likeness (QED) is 0.717. The van der Waals surface area contributed by atoms with Crippen LogP contribution in [0.1, 0.15) is 25.1 Å². The molecule has 0 saturated heterocycles. The SMILES string of the molecule is O[C@@H]1CCC[C@H]1NCCc1ncon1. The van der Waals surface area contributed by atoms with Crippen LogP contribution >= 0.6 is 0 Å². The molecule has 0 spiro atoms. The van der Waals surface area contributed by atoms with Crippen molar-refractivity contribution in [2.24, 2.45) is 0 Å². The third-order valence-corrected chi connectivity index (χ3v) is 2.64. The standard InChI is InChI=1S/C9H15N3O2/c13-8-3-1-2-7(8)10-5-4-9-11-6-14-12-9/h6-8,10,13H,1-5H2/t7-,8-/m1/s1. The lowest BCUT2D eigenvalue weighted by Crippen LogP contribution is -2.36. The average Bonchev–Trinajstić information content (AvgIpc) is 2.78. The second-order valence-electron chi connectivity index (χ2n) is 3.66. The summed E-state index contributed by atoms with van der Waals surface area (Å²) in [5.41, 5.74) is 0. The Kier molecular flexibility index (Phi) is 3.10. The van der Waals surface area contributed by atoms with Crippen molar-refractivity contribution in [3.63, 3.8) is 0 Å². The van der Waals surface area contributed by atoms with Crippen LogP contribution in [-0.2, 0) is 6.42 Å². The van der Waals surface area contributed by atoms with Crippen molar-refractivity contribution < 1.29 is 9.63 Å². The summed E-state index contributed by atoms with van der Waals surface area (Å²) in [5, 5.41) is 16.5. The zero-order valence-corrected chi connectivity index (χ0v) is 8.02. The lowest BCUT2D eigenvalue weighted by atomic mass is 10.2. The van der Waals surface area contributed by atoms with Gasteiger partial charge in [0.1, 0.15) is 0 Å². The van der Waals surface area contributed by atoms with Gasteiger partial charge in [-0.1, -0.05) is 5.16 Å². The molecule has 2 N–H and O–H groups in total. The summed E-state index contributed by atoms with van der Waals surface area (Å²) in [7, 11) is 0. The van der Waals surface area contributed by atoms with E-state index in [0.717, 1.165) is 32.2 Å². The van der Waals surface area contributed by atoms with Crippen molar-refractivity contribution in [1.82, 2.24) is 15.5 Å². The van der Waals surface area contributed by atoms with Gasteiger partial charge >= 0.3 is 0 Å². The number of rotatable bonds is 4. The summed E-state index contributed by atoms with van der Waals surface area (Å²) in [4.78, 5) is 3.92. The first-order valence-electron chi connectivity index (χ1n) is 5.03. The molecule has 0 aliphatic heterocycles. The summed E-state index contributed by atoms with van der Waals surface area (Å²) >= 11 is 0. The number of nitrogens with zero attached hydrogens (tertiary/aromatic N) is 2. The van der Waals surface area contributed by atoms with Crippen LogP contribution in [0.5, 0.6) is 0 Å². The Morgan fingerprint density at radius 2 is 2.50 bits per heavy atom. The van der Waals surface area contributed by atoms with Crippen LogP contribution in [0.2, 0.25) is 0 Å². The smallest absolute Gasteiger partial charge is 0.213 e. The zero-order valence-electron chi connectivity index (χ0n) is 8.02. The van der Waals surface area contributed by atoms with Crippen LogP contribution in [0.3, 0.4) is 0 Å². The molecular weight excluding hydrogens is 182 g/mol. The molecule has 5 heteroatoms. The second-order valence-corrected chi connectivity index (χ2v) is 3.66. The second kappa shape index (κ2) is 4.52. The molecule has 0 unspecified atom stereocenters. The van der Waals surface area contributed by atoms with Gasteiger partial charge in [-0.2, -0.15) is 4.98 Å². The molecule has 2 atom stereocenters. The monoisotopic (exact) mass is 197 g/mol. The van der Waals surface area contributed by atoms with E-state index in [-0.39, 0.29) is 12.1 Å². The number of aliphatic hydroxyl groups excluding tert-OH is 1. The number of aromatic nitrogens is 2. The first-order valence-corrected chi connectivity index (χ1v) is 5.03. The molecule has 5 nitrogen and oxygen atoms in total. The van der Waals surface area contributed by atoms with E-state index in [2.05, 4.69) is 20.0 Å². The Balaban J connectivity index is 1.68. The first-order chi connectivity index (χ1) is 6.86. The Morgan fingerprint density at radius 3 is 3.14 bits per heavy atom. The number of nitrogens with one attached hydrogen (secondary N) is 1. The van der Waals surface area contributed by atoms with Crippen molar-refractivity contribution in [3.05, 3.63) is 12.2 Å². The van der Waals surface area contributed by atoms with Gasteiger partial charge in [0, 0.05) is 19.0 Å². The van der Waals surface area contributed by atoms with Gasteiger partial charge in [0.05, 0.1) is 6.10 Å². The Labute approximate surface area is 82.5 Å². The molecule has 0 amide bonds. The average molecular weight is 197 g/mol. The maximum Gasteiger partial charge on any atom is 0.213 e. The van der Waals surface area contributed by atoms with Gasteiger partial charge in [-0.05, 0) is 19.3 Å². The van der Waals surface area contributed by atoms with Crippen molar-refractivity contribution in [2.45, 2.75) is 37.8 Å². The predicted molar refractivity (Wildman–Crippen MR) is 49.7 cm³/mol. The highest BCUT2D eigenvalue weighted by Crippen LogP contribution is 2.18. The minimum atomic E-state index is -0.180. The van der Waals surface area contributed by atoms with E-state index in [4.69, 9.17) is 0 Å². The van der Waals surface area contributed by atoms with Crippen molar-refractivity contribution >= 4 is 0 Å². The summed E-state index contributed by atoms with van der Waals surface area (Å²) in [6, 6.07) is 0.252. The Morgan fingerprint density at radius 1 is 1.57 bits per heavy atom.